The Morgan fingerprint density at radius 3 is 2.29 bits per heavy atom. The Kier molecular flexibility index (Phi) is 10.5. The van der Waals surface area contributed by atoms with E-state index in [0.29, 0.717) is 44.6 Å². The number of fused-ring (bicyclic) bond motifs is 1. The number of nitrogens with zero attached hydrogens (tertiary/aromatic N) is 7. The number of piperazine rings is 1. The van der Waals surface area contributed by atoms with E-state index in [1.807, 2.05) is 6.07 Å². The molecule has 2 saturated carbocycles. The fraction of sp³-hybridized carbons (Fsp3) is 0.488. The minimum atomic E-state index is -0.970. The molecule has 3 aromatic rings. The van der Waals surface area contributed by atoms with Gasteiger partial charge in [-0.1, -0.05) is 11.6 Å². The van der Waals surface area contributed by atoms with E-state index in [9.17, 15) is 24.0 Å². The normalized spacial score (nSPS) is 24.7. The molecular formula is C43H46ClN9O6. The zero-order chi connectivity index (χ0) is 40.8. The number of carbonyl (C=O) groups excluding carboxylic acids is 5. The van der Waals surface area contributed by atoms with Gasteiger partial charge in [-0.3, -0.25) is 39.1 Å². The second kappa shape index (κ2) is 15.9. The molecule has 0 radical (unpaired) electrons. The number of rotatable bonds is 8. The number of benzene rings is 2. The van der Waals surface area contributed by atoms with Crippen molar-refractivity contribution in [3.8, 4) is 11.8 Å². The highest BCUT2D eigenvalue weighted by Gasteiger charge is 2.49. The smallest absolute Gasteiger partial charge is 0.271 e. The molecule has 9 rings (SSSR count). The van der Waals surface area contributed by atoms with Gasteiger partial charge in [-0.25, -0.2) is 9.97 Å². The van der Waals surface area contributed by atoms with Gasteiger partial charge in [-0.2, -0.15) is 5.26 Å². The summed E-state index contributed by atoms with van der Waals surface area (Å²) in [6.45, 7) is 5.32. The van der Waals surface area contributed by atoms with Gasteiger partial charge >= 0.3 is 0 Å². The monoisotopic (exact) mass is 819 g/mol. The molecule has 1 unspecified atom stereocenters. The van der Waals surface area contributed by atoms with Crippen molar-refractivity contribution >= 4 is 52.6 Å². The van der Waals surface area contributed by atoms with Crippen LogP contribution >= 0.6 is 11.6 Å². The van der Waals surface area contributed by atoms with Crippen molar-refractivity contribution in [2.45, 2.75) is 88.4 Å². The largest absolute Gasteiger partial charge is 0.490 e. The van der Waals surface area contributed by atoms with Crippen molar-refractivity contribution in [3.63, 3.8) is 0 Å². The van der Waals surface area contributed by atoms with Gasteiger partial charge in [0.05, 0.1) is 40.2 Å². The summed E-state index contributed by atoms with van der Waals surface area (Å²) >= 11 is 6.15. The molecule has 1 spiro atoms. The molecule has 1 atom stereocenters. The lowest BCUT2D eigenvalue weighted by atomic mass is 9.60. The average Bonchev–Trinajstić information content (AvgIpc) is 3.48. The molecule has 1 aromatic heterocycles. The highest BCUT2D eigenvalue weighted by atomic mass is 35.5. The lowest BCUT2D eigenvalue weighted by molar-refractivity contribution is -0.136. The number of hydrogen-bond acceptors (Lipinski definition) is 12. The number of carbonyl (C=O) groups is 5. The molecule has 4 aliphatic heterocycles. The Bertz CT molecular complexity index is 2210. The van der Waals surface area contributed by atoms with Crippen molar-refractivity contribution in [1.29, 1.82) is 5.26 Å². The molecule has 5 amide bonds. The summed E-state index contributed by atoms with van der Waals surface area (Å²) in [6, 6.07) is 12.1. The van der Waals surface area contributed by atoms with E-state index in [1.165, 1.54) is 12.8 Å². The molecule has 3 saturated heterocycles. The molecular weight excluding hydrogens is 774 g/mol. The number of anilines is 2. The van der Waals surface area contributed by atoms with E-state index in [2.05, 4.69) is 41.4 Å². The third-order valence-electron chi connectivity index (χ3n) is 13.3. The Hall–Kier alpha value is -5.59. The first-order chi connectivity index (χ1) is 28.6. The number of ether oxygens (including phenoxy) is 1. The number of imide groups is 2. The van der Waals surface area contributed by atoms with Gasteiger partial charge in [0.1, 0.15) is 29.4 Å². The summed E-state index contributed by atoms with van der Waals surface area (Å²) in [5, 5.41) is 14.8. The van der Waals surface area contributed by atoms with Gasteiger partial charge in [-0.15, -0.1) is 0 Å². The highest BCUT2D eigenvalue weighted by molar-refractivity contribution is 6.31. The number of nitrogens with one attached hydrogen (secondary N) is 2. The number of halogens is 1. The topological polar surface area (TPSA) is 181 Å². The van der Waals surface area contributed by atoms with Gasteiger partial charge in [0.2, 0.25) is 11.8 Å². The number of amides is 5. The Morgan fingerprint density at radius 1 is 0.864 bits per heavy atom. The van der Waals surface area contributed by atoms with Crippen LogP contribution in [0.4, 0.5) is 11.5 Å². The zero-order valence-electron chi connectivity index (χ0n) is 32.7. The highest BCUT2D eigenvalue weighted by Crippen LogP contribution is 2.51. The standard InChI is InChI=1S/C43H46ClN9O6/c44-34-20-31(5-1-26(34)23-45)59-30-6-2-27(3-7-30)48-39(55)35-24-47-37(25-46-35)52-17-15-51(16-18-52)29-21-43(22-29)11-13-50(14-12-43)28-4-8-32-33(19-28)42(58)53(41(32)57)36-9-10-38(54)49-40(36)56/h1,4-5,8,19-20,24-25,27,29-30,36H,2-3,6-7,9-18,21-22H2,(H,48,55)(H,49,54,56). The molecule has 0 bridgehead atoms. The van der Waals surface area contributed by atoms with Crippen LogP contribution in [0.1, 0.15) is 101 Å². The minimum absolute atomic E-state index is 0.0211. The van der Waals surface area contributed by atoms with Crippen molar-refractivity contribution in [2.24, 2.45) is 5.41 Å². The van der Waals surface area contributed by atoms with Crippen molar-refractivity contribution in [2.75, 3.05) is 49.1 Å². The summed E-state index contributed by atoms with van der Waals surface area (Å²) in [5.74, 6) is -0.758. The minimum Gasteiger partial charge on any atom is -0.490 e. The summed E-state index contributed by atoms with van der Waals surface area (Å²) < 4.78 is 6.08. The third kappa shape index (κ3) is 7.71. The molecule has 2 aliphatic carbocycles. The van der Waals surface area contributed by atoms with Crippen LogP contribution in [0.2, 0.25) is 5.02 Å². The lowest BCUT2D eigenvalue weighted by Gasteiger charge is -2.56. The maximum atomic E-state index is 13.4. The lowest BCUT2D eigenvalue weighted by Crippen LogP contribution is -2.59. The Labute approximate surface area is 347 Å². The summed E-state index contributed by atoms with van der Waals surface area (Å²) in [6.07, 6.45) is 11.2. The van der Waals surface area contributed by atoms with Crippen LogP contribution in [0.3, 0.4) is 0 Å². The van der Waals surface area contributed by atoms with E-state index in [4.69, 9.17) is 21.6 Å². The van der Waals surface area contributed by atoms with Crippen LogP contribution in [-0.4, -0.2) is 113 Å². The molecule has 59 heavy (non-hydrogen) atoms. The Morgan fingerprint density at radius 2 is 1.61 bits per heavy atom. The SMILES string of the molecule is N#Cc1ccc(OC2CCC(NC(=O)c3cnc(N4CCN(C5CC6(CCN(c7ccc8c(c7)C(=O)N(C7CCC(=O)NC7=O)C8=O)CC6)C5)CC4)cn3)CC2)cc1Cl. The van der Waals surface area contributed by atoms with Crippen LogP contribution in [0.5, 0.6) is 5.75 Å². The second-order valence-corrected chi connectivity index (χ2v) is 17.2. The number of aromatic nitrogens is 2. The molecule has 6 aliphatic rings. The van der Waals surface area contributed by atoms with Crippen molar-refractivity contribution in [1.82, 2.24) is 30.4 Å². The summed E-state index contributed by atoms with van der Waals surface area (Å²) in [5.41, 5.74) is 2.57. The molecule has 5 fully saturated rings. The van der Waals surface area contributed by atoms with Gasteiger partial charge < -0.3 is 19.9 Å². The van der Waals surface area contributed by atoms with Crippen LogP contribution in [0.25, 0.3) is 0 Å². The van der Waals surface area contributed by atoms with Crippen LogP contribution in [-0.2, 0) is 9.59 Å². The van der Waals surface area contributed by atoms with E-state index in [-0.39, 0.29) is 36.8 Å². The van der Waals surface area contributed by atoms with E-state index < -0.39 is 23.8 Å². The summed E-state index contributed by atoms with van der Waals surface area (Å²) in [7, 11) is 0. The predicted octanol–water partition coefficient (Wildman–Crippen LogP) is 4.09. The third-order valence-corrected chi connectivity index (χ3v) is 13.7. The number of hydrogen-bond donors (Lipinski definition) is 2. The number of piperidine rings is 2. The Balaban J connectivity index is 0.699. The van der Waals surface area contributed by atoms with Crippen LogP contribution < -0.4 is 25.2 Å². The van der Waals surface area contributed by atoms with Crippen molar-refractivity contribution in [3.05, 3.63) is 76.2 Å². The molecule has 15 nitrogen and oxygen atoms in total. The summed E-state index contributed by atoms with van der Waals surface area (Å²) in [4.78, 5) is 80.9. The van der Waals surface area contributed by atoms with Gasteiger partial charge in [-0.05, 0) is 93.5 Å². The molecule has 5 heterocycles. The maximum absolute atomic E-state index is 13.4. The average molecular weight is 820 g/mol. The van der Waals surface area contributed by atoms with Crippen LogP contribution in [0.15, 0.2) is 48.8 Å². The van der Waals surface area contributed by atoms with Gasteiger partial charge in [0, 0.05) is 69.5 Å². The fourth-order valence-corrected chi connectivity index (χ4v) is 10.1. The first-order valence-electron chi connectivity index (χ1n) is 20.7. The van der Waals surface area contributed by atoms with E-state index in [0.717, 1.165) is 94.2 Å². The molecule has 2 aromatic carbocycles. The van der Waals surface area contributed by atoms with E-state index in [1.54, 1.807) is 42.7 Å². The maximum Gasteiger partial charge on any atom is 0.271 e. The second-order valence-electron chi connectivity index (χ2n) is 16.8. The molecule has 2 N–H and O–H groups in total. The zero-order valence-corrected chi connectivity index (χ0v) is 33.5. The number of nitriles is 1. The van der Waals surface area contributed by atoms with E-state index >= 15 is 0 Å². The fourth-order valence-electron chi connectivity index (χ4n) is 9.86. The quantitative estimate of drug-likeness (QED) is 0.311. The van der Waals surface area contributed by atoms with Crippen molar-refractivity contribution < 1.29 is 28.7 Å². The molecule has 16 heteroatoms. The van der Waals surface area contributed by atoms with Gasteiger partial charge in [0.25, 0.3) is 17.7 Å². The predicted molar refractivity (Wildman–Crippen MR) is 216 cm³/mol. The van der Waals surface area contributed by atoms with Gasteiger partial charge in [0.15, 0.2) is 0 Å². The first-order valence-corrected chi connectivity index (χ1v) is 21.0. The first kappa shape index (κ1) is 38.9. The van der Waals surface area contributed by atoms with Crippen LogP contribution in [0, 0.1) is 16.7 Å². The molecule has 306 valence electrons.